The van der Waals surface area contributed by atoms with Gasteiger partial charge in [0.25, 0.3) is 0 Å². The van der Waals surface area contributed by atoms with Crippen LogP contribution in [0.2, 0.25) is 0 Å². The molecule has 0 saturated carbocycles. The minimum atomic E-state index is 0.574. The Morgan fingerprint density at radius 2 is 1.43 bits per heavy atom. The van der Waals surface area contributed by atoms with E-state index in [1.54, 1.807) is 10.8 Å². The van der Waals surface area contributed by atoms with Gasteiger partial charge in [-0.15, -0.1) is 0 Å². The van der Waals surface area contributed by atoms with E-state index in [1.807, 2.05) is 0 Å². The number of hydrogen-bond acceptors (Lipinski definition) is 4. The lowest BCUT2D eigenvalue weighted by atomic mass is 11.8. The summed E-state index contributed by atoms with van der Waals surface area (Å²) in [6, 6.07) is 0. The van der Waals surface area contributed by atoms with Crippen molar-refractivity contribution in [2.24, 2.45) is 0 Å². The number of nitriles is 3. The molecule has 0 unspecified atom stereocenters. The van der Waals surface area contributed by atoms with Gasteiger partial charge in [-0.2, -0.15) is 10.5 Å². The van der Waals surface area contributed by atoms with Gasteiger partial charge < -0.3 is 0 Å². The van der Waals surface area contributed by atoms with E-state index in [0.717, 1.165) is 0 Å². The number of thiocyanates is 2. The molecule has 0 bridgehead atoms. The van der Waals surface area contributed by atoms with E-state index in [1.165, 1.54) is 0 Å². The molecule has 0 heterocycles. The van der Waals surface area contributed by atoms with E-state index in [9.17, 15) is 0 Å². The van der Waals surface area contributed by atoms with Crippen LogP contribution in [0.1, 0.15) is 0 Å². The van der Waals surface area contributed by atoms with E-state index in [-0.39, 0.29) is 0 Å². The van der Waals surface area contributed by atoms with E-state index in [0.29, 0.717) is 11.8 Å². The van der Waals surface area contributed by atoms with Crippen molar-refractivity contribution in [2.45, 2.75) is 0 Å². The molecule has 0 spiro atoms. The second kappa shape index (κ2) is 21.2. The zero-order chi connectivity index (χ0) is 6.12. The summed E-state index contributed by atoms with van der Waals surface area (Å²) in [5, 5.41) is 24.8. The molecule has 0 radical (unpaired) electrons. The summed E-state index contributed by atoms with van der Waals surface area (Å²) in [5.41, 5.74) is 0. The maximum Gasteiger partial charge on any atom is 0.149 e. The Kier molecular flexibility index (Phi) is 28.1. The summed E-state index contributed by atoms with van der Waals surface area (Å²) in [4.78, 5) is 0. The largest absolute Gasteiger partial charge is 0.202 e. The lowest BCUT2D eigenvalue weighted by Crippen LogP contribution is -1.29. The number of nitrogens with zero attached hydrogens (tertiary/aromatic N) is 3. The predicted octanol–water partition coefficient (Wildman–Crippen LogP) is 0.822. The molecule has 4 heteroatoms. The van der Waals surface area contributed by atoms with Crippen LogP contribution >= 0.6 is 11.8 Å². The van der Waals surface area contributed by atoms with E-state index >= 15 is 0 Å². The van der Waals surface area contributed by atoms with Gasteiger partial charge in [0.15, 0.2) is 0 Å². The fourth-order valence-electron chi connectivity index (χ4n) is 0.0204. The second-order valence-electron chi connectivity index (χ2n) is 0.285. The van der Waals surface area contributed by atoms with Crippen LogP contribution in [0.3, 0.4) is 0 Å². The molecule has 34 valence electrons. The van der Waals surface area contributed by atoms with Crippen molar-refractivity contribution < 1.29 is 0 Å². The summed E-state index contributed by atoms with van der Waals surface area (Å²) in [5.74, 6) is 0. The van der Waals surface area contributed by atoms with Crippen molar-refractivity contribution in [1.82, 2.24) is 0 Å². The molecule has 0 fully saturated rings. The molecule has 0 aromatic carbocycles. The monoisotopic (exact) mass is 111 g/mol. The molecular formula is C3HN3S. The number of thioether (sulfide) groups is 1. The Morgan fingerprint density at radius 3 is 1.43 bits per heavy atom. The first-order valence-corrected chi connectivity index (χ1v) is 1.93. The van der Waals surface area contributed by atoms with Crippen molar-refractivity contribution in [2.75, 3.05) is 0 Å². The van der Waals surface area contributed by atoms with Gasteiger partial charge >= 0.3 is 0 Å². The fourth-order valence-corrected chi connectivity index (χ4v) is 0.0612. The highest BCUT2D eigenvalue weighted by Gasteiger charge is 1.62. The van der Waals surface area contributed by atoms with Crippen LogP contribution in [0, 0.1) is 33.2 Å². The number of hydrogen-bond donors (Lipinski definition) is 0. The molecule has 0 aliphatic carbocycles. The summed E-state index contributed by atoms with van der Waals surface area (Å²) < 4.78 is 0. The maximum absolute atomic E-state index is 7.56. The van der Waals surface area contributed by atoms with Gasteiger partial charge in [-0.05, 0) is 0 Å². The van der Waals surface area contributed by atoms with Crippen molar-refractivity contribution in [3.63, 3.8) is 0 Å². The third-order valence-corrected chi connectivity index (χ3v) is 0.274. The van der Waals surface area contributed by atoms with Gasteiger partial charge in [0.2, 0.25) is 0 Å². The maximum atomic E-state index is 7.56. The predicted molar refractivity (Wildman–Crippen MR) is 25.5 cm³/mol. The first-order valence-electron chi connectivity index (χ1n) is 1.11. The Balaban J connectivity index is 0. The minimum absolute atomic E-state index is 0.574. The fraction of sp³-hybridized carbons (Fsp3) is 0. The molecule has 3 nitrogen and oxygen atoms in total. The first kappa shape index (κ1) is 9.27. The zero-order valence-corrected chi connectivity index (χ0v) is 4.14. The standard InChI is InChI=1S/C2N2S.CHN/c3-1-5-2-4;1-2/h;1H. The van der Waals surface area contributed by atoms with Crippen LogP contribution in [0.25, 0.3) is 0 Å². The quantitative estimate of drug-likeness (QED) is 0.434. The van der Waals surface area contributed by atoms with Gasteiger partial charge in [0.1, 0.15) is 10.8 Å². The Hall–Kier alpha value is -1.18. The Bertz CT molecular complexity index is 102. The smallest absolute Gasteiger partial charge is 0.149 e. The van der Waals surface area contributed by atoms with Crippen molar-refractivity contribution in [3.05, 3.63) is 0 Å². The van der Waals surface area contributed by atoms with E-state index in [2.05, 4.69) is 6.57 Å². The average Bonchev–Trinajstić information content (AvgIpc) is 1.75. The summed E-state index contributed by atoms with van der Waals surface area (Å²) in [6.07, 6.45) is 0. The molecule has 0 aromatic rings. The molecule has 7 heavy (non-hydrogen) atoms. The third-order valence-electron chi connectivity index (χ3n) is 0.0913. The van der Waals surface area contributed by atoms with Crippen molar-refractivity contribution >= 4 is 11.8 Å². The highest BCUT2D eigenvalue weighted by molar-refractivity contribution is 8.07. The SMILES string of the molecule is C#N.N#CSC#N. The average molecular weight is 111 g/mol. The van der Waals surface area contributed by atoms with Gasteiger partial charge in [0.05, 0.1) is 11.8 Å². The Morgan fingerprint density at radius 1 is 1.14 bits per heavy atom. The van der Waals surface area contributed by atoms with Crippen LogP contribution in [-0.2, 0) is 0 Å². The summed E-state index contributed by atoms with van der Waals surface area (Å²) in [6.45, 7) is 3.50. The zero-order valence-electron chi connectivity index (χ0n) is 3.33. The van der Waals surface area contributed by atoms with E-state index < -0.39 is 0 Å². The van der Waals surface area contributed by atoms with Crippen LogP contribution in [0.15, 0.2) is 0 Å². The molecule has 0 aliphatic rings. The lowest BCUT2D eigenvalue weighted by molar-refractivity contribution is 1.56. The van der Waals surface area contributed by atoms with Crippen molar-refractivity contribution in [3.8, 4) is 17.4 Å². The number of rotatable bonds is 0. The van der Waals surface area contributed by atoms with Crippen LogP contribution in [-0.4, -0.2) is 0 Å². The summed E-state index contributed by atoms with van der Waals surface area (Å²) in [7, 11) is 0. The normalized spacial score (nSPS) is 3.43. The molecular weight excluding hydrogens is 110 g/mol. The Labute approximate surface area is 45.8 Å². The molecule has 0 atom stereocenters. The van der Waals surface area contributed by atoms with Gasteiger partial charge in [-0.25, -0.2) is 5.26 Å². The molecule has 0 aliphatic heterocycles. The van der Waals surface area contributed by atoms with E-state index in [4.69, 9.17) is 15.8 Å². The van der Waals surface area contributed by atoms with Gasteiger partial charge in [-0.3, -0.25) is 0 Å². The van der Waals surface area contributed by atoms with Crippen LogP contribution < -0.4 is 0 Å². The molecule has 0 N–H and O–H groups in total. The molecule has 0 rings (SSSR count). The minimum Gasteiger partial charge on any atom is -0.202 e. The van der Waals surface area contributed by atoms with Gasteiger partial charge in [0, 0.05) is 6.57 Å². The topological polar surface area (TPSA) is 71.4 Å². The third kappa shape index (κ3) is 57.0. The summed E-state index contributed by atoms with van der Waals surface area (Å²) >= 11 is 0.574. The van der Waals surface area contributed by atoms with Gasteiger partial charge in [-0.1, -0.05) is 0 Å². The van der Waals surface area contributed by atoms with Crippen LogP contribution in [0.4, 0.5) is 0 Å². The van der Waals surface area contributed by atoms with Crippen molar-refractivity contribution in [1.29, 1.82) is 15.8 Å². The molecule has 0 aromatic heterocycles. The molecule has 0 amide bonds. The molecule has 0 saturated heterocycles. The lowest BCUT2D eigenvalue weighted by Gasteiger charge is -1.44. The van der Waals surface area contributed by atoms with Crippen LogP contribution in [0.5, 0.6) is 0 Å². The highest BCUT2D eigenvalue weighted by Crippen LogP contribution is 1.85. The first-order chi connectivity index (χ1) is 3.41. The second-order valence-corrected chi connectivity index (χ2v) is 0.854. The highest BCUT2D eigenvalue weighted by atomic mass is 32.2.